The fraction of sp³-hybridized carbons (Fsp3) is 0.438. The number of hydrogen-bond acceptors (Lipinski definition) is 4. The number of hydrogen-bond donors (Lipinski definition) is 2. The minimum absolute atomic E-state index is 0.140. The van der Waals surface area contributed by atoms with Gasteiger partial charge in [-0.15, -0.1) is 0 Å². The maximum absolute atomic E-state index is 14.1. The Morgan fingerprint density at radius 3 is 2.70 bits per heavy atom. The second kappa shape index (κ2) is 7.82. The number of nitrogens with zero attached hydrogens (tertiary/aromatic N) is 3. The van der Waals surface area contributed by atoms with Crippen LogP contribution in [0.25, 0.3) is 5.69 Å². The van der Waals surface area contributed by atoms with Gasteiger partial charge in [-0.25, -0.2) is 14.1 Å². The summed E-state index contributed by atoms with van der Waals surface area (Å²) in [7, 11) is 0. The van der Waals surface area contributed by atoms with E-state index in [0.29, 0.717) is 0 Å². The molecule has 0 saturated heterocycles. The summed E-state index contributed by atoms with van der Waals surface area (Å²) in [6, 6.07) is 4.13. The van der Waals surface area contributed by atoms with Gasteiger partial charge in [0.25, 0.3) is 5.91 Å². The molecule has 0 aliphatic carbocycles. The molecule has 0 radical (unpaired) electrons. The Hall–Kier alpha value is -2.28. The predicted molar refractivity (Wildman–Crippen MR) is 83.7 cm³/mol. The van der Waals surface area contributed by atoms with Crippen molar-refractivity contribution in [3.05, 3.63) is 42.2 Å². The first-order chi connectivity index (χ1) is 11.1. The van der Waals surface area contributed by atoms with Crippen LogP contribution in [0.2, 0.25) is 0 Å². The van der Waals surface area contributed by atoms with Crippen molar-refractivity contribution in [2.45, 2.75) is 32.8 Å². The Balaban J connectivity index is 2.02. The Morgan fingerprint density at radius 2 is 2.13 bits per heavy atom. The molecule has 6 nitrogen and oxygen atoms in total. The number of amides is 1. The van der Waals surface area contributed by atoms with Crippen LogP contribution in [0.5, 0.6) is 0 Å². The average molecular weight is 320 g/mol. The van der Waals surface area contributed by atoms with Gasteiger partial charge in [0.1, 0.15) is 24.2 Å². The van der Waals surface area contributed by atoms with Crippen molar-refractivity contribution in [3.8, 4) is 5.69 Å². The first-order valence-corrected chi connectivity index (χ1v) is 7.67. The van der Waals surface area contributed by atoms with Crippen molar-refractivity contribution in [2.75, 3.05) is 6.54 Å². The Morgan fingerprint density at radius 1 is 1.39 bits per heavy atom. The van der Waals surface area contributed by atoms with Gasteiger partial charge in [-0.1, -0.05) is 26.7 Å². The zero-order chi connectivity index (χ0) is 16.8. The molecule has 0 bridgehead atoms. The molecule has 1 amide bonds. The summed E-state index contributed by atoms with van der Waals surface area (Å²) in [4.78, 5) is 15.8. The van der Waals surface area contributed by atoms with Crippen molar-refractivity contribution in [1.82, 2.24) is 20.1 Å². The van der Waals surface area contributed by atoms with Crippen molar-refractivity contribution in [3.63, 3.8) is 0 Å². The number of carbonyl (C=O) groups excluding carboxylic acids is 1. The standard InChI is InChI=1S/C16H21FN4O2/c1-3-11(4-2)15(22)8-19-16(23)12-5-6-14(13(17)7-12)21-10-18-9-20-21/h5-7,9-11,15,22H,3-4,8H2,1-2H3,(H,19,23). The molecule has 0 fully saturated rings. The van der Waals surface area contributed by atoms with Crippen LogP contribution in [0, 0.1) is 11.7 Å². The van der Waals surface area contributed by atoms with Crippen LogP contribution in [0.1, 0.15) is 37.0 Å². The minimum Gasteiger partial charge on any atom is -0.391 e. The molecule has 2 N–H and O–H groups in total. The highest BCUT2D eigenvalue weighted by atomic mass is 19.1. The number of aliphatic hydroxyl groups excluding tert-OH is 1. The van der Waals surface area contributed by atoms with Crippen LogP contribution in [0.3, 0.4) is 0 Å². The third-order valence-electron chi connectivity index (χ3n) is 3.94. The zero-order valence-electron chi connectivity index (χ0n) is 13.2. The molecule has 23 heavy (non-hydrogen) atoms. The van der Waals surface area contributed by atoms with Gasteiger partial charge in [-0.05, 0) is 24.1 Å². The molecule has 2 rings (SSSR count). The lowest BCUT2D eigenvalue weighted by Crippen LogP contribution is -2.36. The largest absolute Gasteiger partial charge is 0.391 e. The van der Waals surface area contributed by atoms with E-state index in [2.05, 4.69) is 15.4 Å². The average Bonchev–Trinajstić information content (AvgIpc) is 3.07. The van der Waals surface area contributed by atoms with Gasteiger partial charge in [-0.3, -0.25) is 4.79 Å². The Kier molecular flexibility index (Phi) is 5.81. The maximum atomic E-state index is 14.1. The maximum Gasteiger partial charge on any atom is 0.251 e. The van der Waals surface area contributed by atoms with Gasteiger partial charge >= 0.3 is 0 Å². The molecule has 1 aromatic heterocycles. The second-order valence-electron chi connectivity index (χ2n) is 5.36. The third kappa shape index (κ3) is 4.13. The van der Waals surface area contributed by atoms with E-state index in [0.717, 1.165) is 18.9 Å². The molecule has 1 atom stereocenters. The van der Waals surface area contributed by atoms with Crippen LogP contribution in [0.15, 0.2) is 30.9 Å². The number of aromatic nitrogens is 3. The Labute approximate surface area is 134 Å². The lowest BCUT2D eigenvalue weighted by molar-refractivity contribution is 0.0816. The van der Waals surface area contributed by atoms with Crippen molar-refractivity contribution in [1.29, 1.82) is 0 Å². The lowest BCUT2D eigenvalue weighted by Gasteiger charge is -2.20. The van der Waals surface area contributed by atoms with E-state index in [1.807, 2.05) is 13.8 Å². The first kappa shape index (κ1) is 17.1. The molecule has 1 aromatic carbocycles. The molecule has 0 aliphatic heterocycles. The molecule has 0 spiro atoms. The van der Waals surface area contributed by atoms with Crippen molar-refractivity contribution < 1.29 is 14.3 Å². The van der Waals surface area contributed by atoms with Gasteiger partial charge in [-0.2, -0.15) is 5.10 Å². The molecule has 7 heteroatoms. The first-order valence-electron chi connectivity index (χ1n) is 7.67. The molecule has 124 valence electrons. The number of carbonyl (C=O) groups is 1. The number of benzene rings is 1. The monoisotopic (exact) mass is 320 g/mol. The molecule has 2 aromatic rings. The predicted octanol–water partition coefficient (Wildman–Crippen LogP) is 1.93. The molecular formula is C16H21FN4O2. The van der Waals surface area contributed by atoms with Gasteiger partial charge < -0.3 is 10.4 Å². The Bertz CT molecular complexity index is 642. The summed E-state index contributed by atoms with van der Waals surface area (Å²) in [5, 5.41) is 16.5. The van der Waals surface area contributed by atoms with Crippen LogP contribution in [-0.2, 0) is 0 Å². The van der Waals surface area contributed by atoms with Crippen molar-refractivity contribution >= 4 is 5.91 Å². The van der Waals surface area contributed by atoms with E-state index >= 15 is 0 Å². The summed E-state index contributed by atoms with van der Waals surface area (Å²) in [5.74, 6) is -0.843. The SMILES string of the molecule is CCC(CC)C(O)CNC(=O)c1ccc(-n2cncn2)c(F)c1. The van der Waals surface area contributed by atoms with Gasteiger partial charge in [0.05, 0.1) is 6.10 Å². The van der Waals surface area contributed by atoms with Crippen molar-refractivity contribution in [2.24, 2.45) is 5.92 Å². The van der Waals surface area contributed by atoms with Crippen LogP contribution < -0.4 is 5.32 Å². The summed E-state index contributed by atoms with van der Waals surface area (Å²) in [5.41, 5.74) is 0.416. The van der Waals surface area contributed by atoms with E-state index < -0.39 is 17.8 Å². The summed E-state index contributed by atoms with van der Waals surface area (Å²) in [6.07, 6.45) is 3.76. The van der Waals surface area contributed by atoms with Crippen LogP contribution >= 0.6 is 0 Å². The number of nitrogens with one attached hydrogen (secondary N) is 1. The minimum atomic E-state index is -0.604. The smallest absolute Gasteiger partial charge is 0.251 e. The molecule has 0 aliphatic rings. The van der Waals surface area contributed by atoms with E-state index in [1.54, 1.807) is 0 Å². The number of halogens is 1. The lowest BCUT2D eigenvalue weighted by atomic mass is 9.96. The molecule has 1 heterocycles. The van der Waals surface area contributed by atoms with Gasteiger partial charge in [0.2, 0.25) is 0 Å². The third-order valence-corrected chi connectivity index (χ3v) is 3.94. The highest BCUT2D eigenvalue weighted by Crippen LogP contribution is 2.15. The zero-order valence-corrected chi connectivity index (χ0v) is 13.2. The van der Waals surface area contributed by atoms with E-state index in [1.165, 1.54) is 29.5 Å². The van der Waals surface area contributed by atoms with E-state index in [-0.39, 0.29) is 23.7 Å². The summed E-state index contributed by atoms with van der Waals surface area (Å²) in [6.45, 7) is 4.15. The molecular weight excluding hydrogens is 299 g/mol. The fourth-order valence-electron chi connectivity index (χ4n) is 2.47. The topological polar surface area (TPSA) is 80.0 Å². The highest BCUT2D eigenvalue weighted by molar-refractivity contribution is 5.94. The van der Waals surface area contributed by atoms with Gasteiger partial charge in [0.15, 0.2) is 0 Å². The van der Waals surface area contributed by atoms with Crippen LogP contribution in [-0.4, -0.2) is 38.4 Å². The highest BCUT2D eigenvalue weighted by Gasteiger charge is 2.17. The second-order valence-corrected chi connectivity index (χ2v) is 5.36. The number of rotatable bonds is 7. The van der Waals surface area contributed by atoms with Gasteiger partial charge in [0, 0.05) is 12.1 Å². The molecule has 0 saturated carbocycles. The molecule has 1 unspecified atom stereocenters. The fourth-order valence-corrected chi connectivity index (χ4v) is 2.47. The summed E-state index contributed by atoms with van der Waals surface area (Å²) >= 11 is 0. The van der Waals surface area contributed by atoms with E-state index in [4.69, 9.17) is 0 Å². The summed E-state index contributed by atoms with van der Waals surface area (Å²) < 4.78 is 15.4. The van der Waals surface area contributed by atoms with Crippen LogP contribution in [0.4, 0.5) is 4.39 Å². The normalized spacial score (nSPS) is 12.4. The quantitative estimate of drug-likeness (QED) is 0.817. The number of aliphatic hydroxyl groups is 1. The van der Waals surface area contributed by atoms with E-state index in [9.17, 15) is 14.3 Å².